The van der Waals surface area contributed by atoms with Gasteiger partial charge in [-0.25, -0.2) is 0 Å². The molecule has 3 aliphatic carbocycles. The maximum atomic E-state index is 15.8. The summed E-state index contributed by atoms with van der Waals surface area (Å²) in [6.07, 6.45) is 5.17. The molecule has 1 heterocycles. The maximum absolute atomic E-state index is 15.8. The van der Waals surface area contributed by atoms with Gasteiger partial charge in [-0.15, -0.1) is 0 Å². The molecule has 0 saturated heterocycles. The van der Waals surface area contributed by atoms with E-state index >= 15 is 9.59 Å². The summed E-state index contributed by atoms with van der Waals surface area (Å²) >= 11 is 0. The van der Waals surface area contributed by atoms with E-state index in [0.717, 1.165) is 22.3 Å². The summed E-state index contributed by atoms with van der Waals surface area (Å²) in [5.74, 6) is -1.16. The van der Waals surface area contributed by atoms with Crippen LogP contribution in [-0.4, -0.2) is 70.2 Å². The lowest BCUT2D eigenvalue weighted by Gasteiger charge is -2.55. The van der Waals surface area contributed by atoms with Crippen LogP contribution in [0.1, 0.15) is 97.9 Å². The average Bonchev–Trinajstić information content (AvgIpc) is 3.53. The number of aromatic nitrogens is 1. The number of carbonyl (C=O) groups excluding carboxylic acids is 2. The number of rotatable bonds is 11. The van der Waals surface area contributed by atoms with Gasteiger partial charge >= 0.3 is 0 Å². The number of methoxy groups -OCH3 is 1. The van der Waals surface area contributed by atoms with Crippen molar-refractivity contribution in [1.82, 2.24) is 10.1 Å². The van der Waals surface area contributed by atoms with Gasteiger partial charge in [0, 0.05) is 22.6 Å². The van der Waals surface area contributed by atoms with E-state index in [0.29, 0.717) is 36.3 Å². The molecule has 4 atom stereocenters. The number of fused-ring (bicyclic) bond motifs is 4. The first-order chi connectivity index (χ1) is 26.5. The molecule has 2 aromatic carbocycles. The molecule has 10 nitrogen and oxygen atoms in total. The van der Waals surface area contributed by atoms with Gasteiger partial charge in [-0.2, -0.15) is 0 Å². The summed E-state index contributed by atoms with van der Waals surface area (Å²) in [5, 5.41) is 16.5. The topological polar surface area (TPSA) is 121 Å². The summed E-state index contributed by atoms with van der Waals surface area (Å²) in [4.78, 5) is 33.3. The minimum atomic E-state index is -2.87. The molecule has 0 bridgehead atoms. The van der Waals surface area contributed by atoms with Crippen LogP contribution in [0.2, 0.25) is 36.3 Å². The summed E-state index contributed by atoms with van der Waals surface area (Å²) in [6, 6.07) is 11.1. The first-order valence-electron chi connectivity index (χ1n) is 20.1. The fourth-order valence-electron chi connectivity index (χ4n) is 8.19. The van der Waals surface area contributed by atoms with Gasteiger partial charge in [0.1, 0.15) is 23.7 Å². The third-order valence-corrected chi connectivity index (χ3v) is 22.3. The smallest absolute Gasteiger partial charge is 0.265 e. The lowest BCUT2D eigenvalue weighted by molar-refractivity contribution is -0.140. The van der Waals surface area contributed by atoms with Crippen molar-refractivity contribution in [3.05, 3.63) is 93.5 Å². The fraction of sp³-hybridized carbons (Fsp3) is 0.533. The largest absolute Gasteiger partial charge is 0.549 e. The molecule has 1 saturated carbocycles. The molecule has 0 spiro atoms. The number of aliphatic hydroxyl groups excluding tert-OH is 1. The zero-order valence-corrected chi connectivity index (χ0v) is 38.4. The molecule has 12 heteroatoms. The van der Waals surface area contributed by atoms with E-state index < -0.39 is 51.7 Å². The molecule has 1 N–H and O–H groups in total. The van der Waals surface area contributed by atoms with Crippen molar-refractivity contribution in [3.63, 3.8) is 0 Å². The Hall–Kier alpha value is -3.98. The fourth-order valence-corrected chi connectivity index (χ4v) is 10.4. The van der Waals surface area contributed by atoms with Crippen LogP contribution in [0.4, 0.5) is 0 Å². The summed E-state index contributed by atoms with van der Waals surface area (Å²) < 4.78 is 31.8. The Morgan fingerprint density at radius 2 is 1.63 bits per heavy atom. The molecule has 0 amide bonds. The van der Waals surface area contributed by atoms with Gasteiger partial charge in [0.05, 0.1) is 19.4 Å². The molecule has 3 aromatic rings. The van der Waals surface area contributed by atoms with Crippen molar-refractivity contribution in [2.24, 2.45) is 11.8 Å². The third-order valence-electron chi connectivity index (χ3n) is 13.5. The zero-order chi connectivity index (χ0) is 42.0. The molecule has 0 unspecified atom stereocenters. The van der Waals surface area contributed by atoms with Crippen molar-refractivity contribution in [2.75, 3.05) is 21.2 Å². The van der Waals surface area contributed by atoms with Gasteiger partial charge in [0.15, 0.2) is 19.7 Å². The van der Waals surface area contributed by atoms with Gasteiger partial charge in [-0.1, -0.05) is 71.9 Å². The van der Waals surface area contributed by atoms with Gasteiger partial charge in [0.2, 0.25) is 19.9 Å². The zero-order valence-electron chi connectivity index (χ0n) is 36.4. The van der Waals surface area contributed by atoms with E-state index in [9.17, 15) is 5.11 Å². The molecule has 1 aromatic heterocycles. The second kappa shape index (κ2) is 15.0. The number of carbonyl (C=O) groups is 2. The van der Waals surface area contributed by atoms with Crippen molar-refractivity contribution in [2.45, 2.75) is 122 Å². The number of aliphatic hydroxyl groups is 1. The van der Waals surface area contributed by atoms with Crippen molar-refractivity contribution in [1.29, 1.82) is 0 Å². The van der Waals surface area contributed by atoms with Gasteiger partial charge < -0.3 is 28.0 Å². The van der Waals surface area contributed by atoms with Crippen LogP contribution < -0.4 is 9.47 Å². The predicted molar refractivity (Wildman–Crippen MR) is 228 cm³/mol. The first kappa shape index (κ1) is 42.6. The van der Waals surface area contributed by atoms with Gasteiger partial charge in [0.25, 0.3) is 5.88 Å². The highest BCUT2D eigenvalue weighted by molar-refractivity contribution is 6.75. The number of Topliss-reactive ketones (excluding diaryl/α,β-unsaturated/α-hetero) is 2. The minimum absolute atomic E-state index is 0.0280. The van der Waals surface area contributed by atoms with Crippen LogP contribution in [0.3, 0.4) is 0 Å². The molecule has 0 aliphatic heterocycles. The molecule has 57 heavy (non-hydrogen) atoms. The molecule has 0 radical (unpaired) electrons. The van der Waals surface area contributed by atoms with Crippen molar-refractivity contribution in [3.8, 4) is 11.6 Å². The molecule has 308 valence electrons. The Kier molecular flexibility index (Phi) is 11.2. The summed E-state index contributed by atoms with van der Waals surface area (Å²) in [6.45, 7) is 23.5. The van der Waals surface area contributed by atoms with E-state index in [-0.39, 0.29) is 39.5 Å². The Morgan fingerprint density at radius 3 is 2.23 bits per heavy atom. The minimum Gasteiger partial charge on any atom is -0.549 e. The number of hydrogen-bond acceptors (Lipinski definition) is 10. The highest BCUT2D eigenvalue weighted by Crippen LogP contribution is 2.59. The highest BCUT2D eigenvalue weighted by atomic mass is 28.4. The Labute approximate surface area is 340 Å². The lowest BCUT2D eigenvalue weighted by atomic mass is 9.57. The van der Waals surface area contributed by atoms with Gasteiger partial charge in [-0.05, 0) is 116 Å². The first-order valence-corrected chi connectivity index (χ1v) is 25.9. The number of ketones is 2. The monoisotopic (exact) mass is 814 g/mol. The quantitative estimate of drug-likeness (QED) is 0.114. The average molecular weight is 815 g/mol. The van der Waals surface area contributed by atoms with Crippen LogP contribution >= 0.6 is 0 Å². The Morgan fingerprint density at radius 1 is 0.982 bits per heavy atom. The molecular weight excluding hydrogens is 753 g/mol. The van der Waals surface area contributed by atoms with Crippen LogP contribution in [0.5, 0.6) is 11.6 Å². The second-order valence-corrected chi connectivity index (χ2v) is 28.8. The van der Waals surface area contributed by atoms with Crippen LogP contribution in [0.15, 0.2) is 58.8 Å². The number of ether oxygens (including phenoxy) is 2. The van der Waals surface area contributed by atoms with E-state index in [1.54, 1.807) is 13.4 Å². The summed E-state index contributed by atoms with van der Waals surface area (Å²) in [7, 11) is 0.595. The second-order valence-electron chi connectivity index (χ2n) is 19.3. The lowest BCUT2D eigenvalue weighted by Crippen LogP contribution is -2.68. The third kappa shape index (κ3) is 7.25. The van der Waals surface area contributed by atoms with E-state index in [2.05, 4.69) is 72.9 Å². The standard InChI is InChI=1S/C45H62N2O8Si2/c1-27-29(21-18-22-53-56(11,12)43(2,3)4)25-33(51-10)31-23-30-24-32-37(47(8)9)39-36(42(46-54-39)52-26-28-19-16-15-17-20-28)41(50)45(32,55-57(13,14)44(5,6)7)40(49)35(30)38(48)34(27)31/h15-20,22,25,30,32,37,48H,21,23-24,26H2,1-14H3/b22-18-/t30-,32-,37-,45-/m0/s1. The van der Waals surface area contributed by atoms with Crippen LogP contribution in [0, 0.1) is 18.8 Å². The van der Waals surface area contributed by atoms with Crippen LogP contribution in [-0.2, 0) is 33.1 Å². The van der Waals surface area contributed by atoms with Gasteiger partial charge in [-0.3, -0.25) is 14.5 Å². The number of nitrogens with zero attached hydrogens (tertiary/aromatic N) is 2. The molecule has 3 aliphatic rings. The van der Waals surface area contributed by atoms with Crippen molar-refractivity contribution < 1.29 is 37.5 Å². The number of allylic oxidation sites excluding steroid dienone is 1. The van der Waals surface area contributed by atoms with E-state index in [1.807, 2.05) is 68.4 Å². The maximum Gasteiger partial charge on any atom is 0.265 e. The molecular formula is C45H62N2O8Si2. The summed E-state index contributed by atoms with van der Waals surface area (Å²) in [5.41, 5.74) is 2.49. The van der Waals surface area contributed by atoms with Crippen LogP contribution in [0.25, 0.3) is 5.76 Å². The Balaban J connectivity index is 1.50. The van der Waals surface area contributed by atoms with E-state index in [4.69, 9.17) is 22.8 Å². The number of benzene rings is 2. The predicted octanol–water partition coefficient (Wildman–Crippen LogP) is 9.94. The molecule has 6 rings (SSSR count). The van der Waals surface area contributed by atoms with Crippen molar-refractivity contribution >= 4 is 34.0 Å². The van der Waals surface area contributed by atoms with E-state index in [1.165, 1.54) is 0 Å². The highest BCUT2D eigenvalue weighted by Gasteiger charge is 2.69. The number of hydrogen-bond donors (Lipinski definition) is 1. The molecule has 1 fully saturated rings. The Bertz CT molecular complexity index is 2100. The SMILES string of the molecule is COc1cc(C/C=C\O[Si](C)(C)C(C)(C)C)c(C)c2c1C[C@H]1C[C@H]3[C@H](N(C)C)c4onc(OCc5ccccc5)c4C(=O)[C@@]3(O[Si](C)(C)C(C)(C)C)C(=O)C1=C2O. The normalized spacial score (nSPS) is 22.7.